The van der Waals surface area contributed by atoms with Crippen LogP contribution < -0.4 is 5.32 Å². The highest BCUT2D eigenvalue weighted by atomic mass is 32.3. The third-order valence-electron chi connectivity index (χ3n) is 2.56. The van der Waals surface area contributed by atoms with E-state index >= 15 is 0 Å². The molecule has 0 saturated carbocycles. The first kappa shape index (κ1) is 18.8. The minimum absolute atomic E-state index is 0.204. The predicted octanol–water partition coefficient (Wildman–Crippen LogP) is -0.333. The highest BCUT2D eigenvalue weighted by Gasteiger charge is 2.10. The van der Waals surface area contributed by atoms with E-state index in [2.05, 4.69) is 32.9 Å². The zero-order valence-electron chi connectivity index (χ0n) is 11.9. The van der Waals surface area contributed by atoms with Crippen molar-refractivity contribution in [2.24, 2.45) is 0 Å². The van der Waals surface area contributed by atoms with Gasteiger partial charge in [-0.2, -0.15) is 8.42 Å². The van der Waals surface area contributed by atoms with Crippen LogP contribution in [0.15, 0.2) is 12.8 Å². The Morgan fingerprint density at radius 2 is 2.05 bits per heavy atom. The van der Waals surface area contributed by atoms with E-state index in [1.807, 2.05) is 6.20 Å². The summed E-state index contributed by atoms with van der Waals surface area (Å²) in [6.07, 6.45) is 3.66. The maximum atomic E-state index is 10.1. The Bertz CT molecular complexity index is 391. The standard InChI is InChI=1S/C6H12N2.C4H7NO.CH4O4S/c1-3-8-5-4-7(2)6-8;6-4-2-1-3-5-4;1-5-6(2,3)4/h3H,1,4-6H2,2H3;1-3H2,(H,5,6);1H3,(H,2,3,4). The molecule has 0 unspecified atom stereocenters. The third-order valence-corrected chi connectivity index (χ3v) is 2.98. The van der Waals surface area contributed by atoms with Gasteiger partial charge in [0.05, 0.1) is 13.8 Å². The van der Waals surface area contributed by atoms with Crippen LogP contribution in [0.4, 0.5) is 0 Å². The van der Waals surface area contributed by atoms with Crippen LogP contribution in [0.3, 0.4) is 0 Å². The second-order valence-electron chi connectivity index (χ2n) is 4.26. The summed E-state index contributed by atoms with van der Waals surface area (Å²) in [7, 11) is -1.18. The van der Waals surface area contributed by atoms with Gasteiger partial charge in [-0.25, -0.2) is 0 Å². The molecule has 0 aromatic heterocycles. The van der Waals surface area contributed by atoms with Gasteiger partial charge in [-0.05, 0) is 19.7 Å². The summed E-state index contributed by atoms with van der Waals surface area (Å²) in [5, 5.41) is 2.68. The highest BCUT2D eigenvalue weighted by Crippen LogP contribution is 1.99. The molecule has 118 valence electrons. The lowest BCUT2D eigenvalue weighted by Gasteiger charge is -2.09. The minimum atomic E-state index is -4.16. The number of amides is 1. The lowest BCUT2D eigenvalue weighted by Crippen LogP contribution is -2.17. The molecule has 2 N–H and O–H groups in total. The summed E-state index contributed by atoms with van der Waals surface area (Å²) >= 11 is 0. The fourth-order valence-corrected chi connectivity index (χ4v) is 1.46. The predicted molar refractivity (Wildman–Crippen MR) is 75.2 cm³/mol. The molecule has 2 rings (SSSR count). The molecule has 0 aliphatic carbocycles. The molecule has 2 fully saturated rings. The van der Waals surface area contributed by atoms with Gasteiger partial charge in [-0.15, -0.1) is 0 Å². The van der Waals surface area contributed by atoms with E-state index < -0.39 is 10.4 Å². The topological polar surface area (TPSA) is 99.2 Å². The SMILES string of the molecule is C=CN1CCN(C)C1.COS(=O)(=O)O.O=C1CCCN1. The van der Waals surface area contributed by atoms with E-state index in [-0.39, 0.29) is 5.91 Å². The van der Waals surface area contributed by atoms with E-state index in [1.165, 1.54) is 6.54 Å². The van der Waals surface area contributed by atoms with E-state index in [0.29, 0.717) is 0 Å². The van der Waals surface area contributed by atoms with Crippen LogP contribution in [-0.2, 0) is 19.4 Å². The van der Waals surface area contributed by atoms with E-state index in [4.69, 9.17) is 4.55 Å². The summed E-state index contributed by atoms with van der Waals surface area (Å²) in [4.78, 5) is 14.6. The largest absolute Gasteiger partial charge is 0.397 e. The van der Waals surface area contributed by atoms with Gasteiger partial charge in [0.25, 0.3) is 0 Å². The van der Waals surface area contributed by atoms with Crippen LogP contribution >= 0.6 is 0 Å². The molecule has 8 nitrogen and oxygen atoms in total. The smallest absolute Gasteiger partial charge is 0.364 e. The monoisotopic (exact) mass is 309 g/mol. The number of hydrogen-bond donors (Lipinski definition) is 2. The maximum absolute atomic E-state index is 10.1. The molecular weight excluding hydrogens is 286 g/mol. The van der Waals surface area contributed by atoms with Crippen molar-refractivity contribution in [3.8, 4) is 0 Å². The normalized spacial score (nSPS) is 18.6. The number of carbonyl (C=O) groups excluding carboxylic acids is 1. The molecule has 2 aliphatic rings. The first-order chi connectivity index (χ1) is 9.28. The molecule has 1 amide bonds. The van der Waals surface area contributed by atoms with Crippen molar-refractivity contribution in [2.45, 2.75) is 12.8 Å². The van der Waals surface area contributed by atoms with Crippen molar-refractivity contribution in [1.82, 2.24) is 15.1 Å². The average molecular weight is 309 g/mol. The van der Waals surface area contributed by atoms with Gasteiger partial charge in [-0.3, -0.25) is 18.4 Å². The second kappa shape index (κ2) is 9.70. The average Bonchev–Trinajstić information content (AvgIpc) is 3.01. The summed E-state index contributed by atoms with van der Waals surface area (Å²) in [6.45, 7) is 7.92. The molecule has 2 aliphatic heterocycles. The highest BCUT2D eigenvalue weighted by molar-refractivity contribution is 7.80. The summed E-state index contributed by atoms with van der Waals surface area (Å²) in [5.41, 5.74) is 0. The van der Waals surface area contributed by atoms with Gasteiger partial charge in [0.2, 0.25) is 5.91 Å². The van der Waals surface area contributed by atoms with Gasteiger partial charge in [-0.1, -0.05) is 6.58 Å². The van der Waals surface area contributed by atoms with Crippen molar-refractivity contribution in [3.63, 3.8) is 0 Å². The molecule has 0 aromatic rings. The molecule has 2 saturated heterocycles. The van der Waals surface area contributed by atoms with Gasteiger partial charge in [0.15, 0.2) is 0 Å². The van der Waals surface area contributed by atoms with Crippen LogP contribution in [-0.4, -0.2) is 69.1 Å². The van der Waals surface area contributed by atoms with Gasteiger partial charge in [0, 0.05) is 26.1 Å². The summed E-state index contributed by atoms with van der Waals surface area (Å²) in [5.74, 6) is 0.204. The van der Waals surface area contributed by atoms with Gasteiger partial charge in [0.1, 0.15) is 0 Å². The number of likely N-dealkylation sites (N-methyl/N-ethyl adjacent to an activating group) is 1. The lowest BCUT2D eigenvalue weighted by atomic mass is 10.4. The minimum Gasteiger partial charge on any atom is -0.364 e. The molecule has 0 aromatic carbocycles. The van der Waals surface area contributed by atoms with Crippen molar-refractivity contribution in [2.75, 3.05) is 40.5 Å². The summed E-state index contributed by atoms with van der Waals surface area (Å²) in [6, 6.07) is 0. The first-order valence-corrected chi connectivity index (χ1v) is 7.50. The van der Waals surface area contributed by atoms with Crippen LogP contribution in [0.5, 0.6) is 0 Å². The lowest BCUT2D eigenvalue weighted by molar-refractivity contribution is -0.119. The Hall–Kier alpha value is -1.16. The Labute approximate surface area is 120 Å². The molecular formula is C11H23N3O5S. The van der Waals surface area contributed by atoms with Gasteiger partial charge < -0.3 is 10.2 Å². The number of nitrogens with one attached hydrogen (secondary N) is 1. The number of nitrogens with zero attached hydrogens (tertiary/aromatic N) is 2. The molecule has 0 bridgehead atoms. The molecule has 2 heterocycles. The number of hydrogen-bond acceptors (Lipinski definition) is 6. The molecule has 0 radical (unpaired) electrons. The zero-order chi connectivity index (χ0) is 15.6. The molecule has 0 spiro atoms. The quantitative estimate of drug-likeness (QED) is 0.674. The van der Waals surface area contributed by atoms with Crippen LogP contribution in [0.1, 0.15) is 12.8 Å². The zero-order valence-corrected chi connectivity index (χ0v) is 12.7. The first-order valence-electron chi connectivity index (χ1n) is 6.13. The molecule has 20 heavy (non-hydrogen) atoms. The Balaban J connectivity index is 0.000000276. The van der Waals surface area contributed by atoms with E-state index in [1.54, 1.807) is 0 Å². The number of carbonyl (C=O) groups is 1. The molecule has 9 heteroatoms. The van der Waals surface area contributed by atoms with E-state index in [0.717, 1.165) is 39.7 Å². The fraction of sp³-hybridized carbons (Fsp3) is 0.727. The Morgan fingerprint density at radius 3 is 2.20 bits per heavy atom. The Kier molecular flexibility index (Phi) is 9.14. The van der Waals surface area contributed by atoms with Crippen LogP contribution in [0.2, 0.25) is 0 Å². The van der Waals surface area contributed by atoms with E-state index in [9.17, 15) is 13.2 Å². The van der Waals surface area contributed by atoms with Crippen LogP contribution in [0, 0.1) is 0 Å². The fourth-order valence-electron chi connectivity index (χ4n) is 1.46. The van der Waals surface area contributed by atoms with Crippen molar-refractivity contribution in [1.29, 1.82) is 0 Å². The number of rotatable bonds is 2. The van der Waals surface area contributed by atoms with Crippen LogP contribution in [0.25, 0.3) is 0 Å². The Morgan fingerprint density at radius 1 is 1.45 bits per heavy atom. The second-order valence-corrected chi connectivity index (χ2v) is 5.45. The van der Waals surface area contributed by atoms with Crippen molar-refractivity contribution < 1.29 is 21.9 Å². The summed E-state index contributed by atoms with van der Waals surface area (Å²) < 4.78 is 29.7. The third kappa shape index (κ3) is 10.7. The molecule has 0 atom stereocenters. The van der Waals surface area contributed by atoms with Gasteiger partial charge >= 0.3 is 10.4 Å². The maximum Gasteiger partial charge on any atom is 0.397 e. The van der Waals surface area contributed by atoms with Crippen molar-refractivity contribution in [3.05, 3.63) is 12.8 Å². The van der Waals surface area contributed by atoms with Crippen molar-refractivity contribution >= 4 is 16.3 Å².